The topological polar surface area (TPSA) is 63.2 Å². The Morgan fingerprint density at radius 1 is 1.45 bits per heavy atom. The van der Waals surface area contributed by atoms with E-state index in [1.807, 2.05) is 0 Å². The van der Waals surface area contributed by atoms with Gasteiger partial charge >= 0.3 is 6.18 Å². The van der Waals surface area contributed by atoms with E-state index in [1.165, 1.54) is 18.3 Å². The first kappa shape index (κ1) is 16.2. The summed E-state index contributed by atoms with van der Waals surface area (Å²) in [5, 5.41) is 5.48. The van der Waals surface area contributed by atoms with Gasteiger partial charge in [0.05, 0.1) is 11.9 Å². The largest absolute Gasteiger partial charge is 0.468 e. The fourth-order valence-electron chi connectivity index (χ4n) is 1.36. The van der Waals surface area contributed by atoms with Crippen molar-refractivity contribution in [2.45, 2.75) is 13.1 Å². The van der Waals surface area contributed by atoms with E-state index in [1.54, 1.807) is 14.0 Å². The van der Waals surface area contributed by atoms with Gasteiger partial charge in [0.25, 0.3) is 0 Å². The Morgan fingerprint density at radius 3 is 2.65 bits per heavy atom. The number of anilines is 1. The molecule has 112 valence electrons. The van der Waals surface area contributed by atoms with E-state index in [2.05, 4.69) is 20.4 Å². The van der Waals surface area contributed by atoms with Crippen molar-refractivity contribution < 1.29 is 22.7 Å². The van der Waals surface area contributed by atoms with E-state index >= 15 is 0 Å². The Hall–Kier alpha value is -1.83. The minimum Gasteiger partial charge on any atom is -0.468 e. The molecule has 0 fully saturated rings. The molecular weight excluding hydrogens is 275 g/mol. The van der Waals surface area contributed by atoms with Crippen LogP contribution in [0.1, 0.15) is 6.92 Å². The van der Waals surface area contributed by atoms with Crippen LogP contribution in [0.5, 0.6) is 5.88 Å². The highest BCUT2D eigenvalue weighted by Gasteiger charge is 2.28. The number of hydrogen-bond donors (Lipinski definition) is 2. The molecule has 1 heterocycles. The van der Waals surface area contributed by atoms with Gasteiger partial charge in [-0.1, -0.05) is 6.92 Å². The molecule has 8 heteroatoms. The van der Waals surface area contributed by atoms with Crippen molar-refractivity contribution in [3.8, 4) is 5.88 Å². The summed E-state index contributed by atoms with van der Waals surface area (Å²) >= 11 is 0. The second-order valence-corrected chi connectivity index (χ2v) is 4.24. The Labute approximate surface area is 114 Å². The van der Waals surface area contributed by atoms with Gasteiger partial charge in [-0.25, -0.2) is 4.98 Å². The molecule has 1 unspecified atom stereocenters. The van der Waals surface area contributed by atoms with Crippen LogP contribution in [0.4, 0.5) is 18.9 Å². The molecule has 0 aliphatic carbocycles. The predicted octanol–water partition coefficient (Wildman–Crippen LogP) is 1.82. The van der Waals surface area contributed by atoms with Crippen molar-refractivity contribution in [1.29, 1.82) is 0 Å². The fraction of sp³-hybridized carbons (Fsp3) is 0.500. The highest BCUT2D eigenvalue weighted by atomic mass is 19.4. The molecule has 1 atom stereocenters. The van der Waals surface area contributed by atoms with Gasteiger partial charge in [-0.05, 0) is 13.1 Å². The summed E-state index contributed by atoms with van der Waals surface area (Å²) < 4.78 is 40.3. The minimum absolute atomic E-state index is 0.149. The molecule has 0 aromatic carbocycles. The lowest BCUT2D eigenvalue weighted by Crippen LogP contribution is -2.28. The van der Waals surface area contributed by atoms with Crippen LogP contribution in [0.2, 0.25) is 0 Å². The first-order valence-corrected chi connectivity index (χ1v) is 5.93. The number of halogens is 3. The number of pyridine rings is 1. The van der Waals surface area contributed by atoms with Gasteiger partial charge in [0.1, 0.15) is 0 Å². The van der Waals surface area contributed by atoms with Crippen molar-refractivity contribution in [3.05, 3.63) is 18.3 Å². The van der Waals surface area contributed by atoms with Gasteiger partial charge in [-0.15, -0.1) is 0 Å². The third-order valence-corrected chi connectivity index (χ3v) is 2.35. The molecule has 0 spiro atoms. The average Bonchev–Trinajstić information content (AvgIpc) is 2.37. The second-order valence-electron chi connectivity index (χ2n) is 4.24. The van der Waals surface area contributed by atoms with E-state index in [9.17, 15) is 18.0 Å². The molecule has 0 bridgehead atoms. The first-order chi connectivity index (χ1) is 9.31. The number of carbonyl (C=O) groups excluding carboxylic acids is 1. The van der Waals surface area contributed by atoms with Crippen LogP contribution < -0.4 is 15.4 Å². The molecule has 0 saturated heterocycles. The average molecular weight is 291 g/mol. The zero-order valence-corrected chi connectivity index (χ0v) is 11.1. The molecule has 0 aliphatic rings. The maximum Gasteiger partial charge on any atom is 0.422 e. The number of nitrogens with zero attached hydrogens (tertiary/aromatic N) is 1. The van der Waals surface area contributed by atoms with E-state index in [-0.39, 0.29) is 17.7 Å². The number of alkyl halides is 3. The fourth-order valence-corrected chi connectivity index (χ4v) is 1.36. The molecule has 1 rings (SSSR count). The third-order valence-electron chi connectivity index (χ3n) is 2.35. The molecule has 2 N–H and O–H groups in total. The zero-order valence-electron chi connectivity index (χ0n) is 11.1. The molecule has 0 saturated carbocycles. The monoisotopic (exact) mass is 291 g/mol. The standard InChI is InChI=1S/C12H16F3N3O2/c1-8(5-16-2)11(19)18-9-3-4-10(17-6-9)20-7-12(13,14)15/h3-4,6,8,16H,5,7H2,1-2H3,(H,18,19). The van der Waals surface area contributed by atoms with Gasteiger partial charge in [0.15, 0.2) is 6.61 Å². The van der Waals surface area contributed by atoms with Crippen LogP contribution in [0.3, 0.4) is 0 Å². The molecule has 5 nitrogen and oxygen atoms in total. The van der Waals surface area contributed by atoms with Gasteiger partial charge in [-0.2, -0.15) is 13.2 Å². The third kappa shape index (κ3) is 5.87. The van der Waals surface area contributed by atoms with Crippen LogP contribution in [-0.4, -0.2) is 37.3 Å². The summed E-state index contributed by atoms with van der Waals surface area (Å²) in [5.74, 6) is -0.588. The number of ether oxygens (including phenoxy) is 1. The summed E-state index contributed by atoms with van der Waals surface area (Å²) in [6, 6.07) is 2.70. The summed E-state index contributed by atoms with van der Waals surface area (Å²) in [6.07, 6.45) is -3.16. The normalized spacial score (nSPS) is 12.8. The smallest absolute Gasteiger partial charge is 0.422 e. The summed E-state index contributed by atoms with van der Waals surface area (Å²) in [6.45, 7) is 0.872. The van der Waals surface area contributed by atoms with Crippen molar-refractivity contribution in [3.63, 3.8) is 0 Å². The van der Waals surface area contributed by atoms with E-state index < -0.39 is 12.8 Å². The van der Waals surface area contributed by atoms with Gasteiger partial charge in [0, 0.05) is 18.5 Å². The molecular formula is C12H16F3N3O2. The highest BCUT2D eigenvalue weighted by Crippen LogP contribution is 2.18. The van der Waals surface area contributed by atoms with E-state index in [4.69, 9.17) is 0 Å². The van der Waals surface area contributed by atoms with Gasteiger partial charge < -0.3 is 15.4 Å². The van der Waals surface area contributed by atoms with Crippen LogP contribution >= 0.6 is 0 Å². The second kappa shape index (κ2) is 7.09. The maximum atomic E-state index is 11.9. The number of carbonyl (C=O) groups is 1. The number of amides is 1. The Balaban J connectivity index is 2.52. The number of rotatable bonds is 6. The summed E-state index contributed by atoms with van der Waals surface area (Å²) in [4.78, 5) is 15.4. The number of nitrogens with one attached hydrogen (secondary N) is 2. The lowest BCUT2D eigenvalue weighted by Gasteiger charge is -2.12. The van der Waals surface area contributed by atoms with Crippen LogP contribution in [-0.2, 0) is 4.79 Å². The zero-order chi connectivity index (χ0) is 15.2. The summed E-state index contributed by atoms with van der Waals surface area (Å²) in [5.41, 5.74) is 0.400. The molecule has 1 aromatic rings. The van der Waals surface area contributed by atoms with Crippen LogP contribution in [0.15, 0.2) is 18.3 Å². The lowest BCUT2D eigenvalue weighted by atomic mass is 10.1. The van der Waals surface area contributed by atoms with Crippen molar-refractivity contribution in [2.24, 2.45) is 5.92 Å². The summed E-state index contributed by atoms with van der Waals surface area (Å²) in [7, 11) is 1.73. The van der Waals surface area contributed by atoms with Crippen LogP contribution in [0, 0.1) is 5.92 Å². The van der Waals surface area contributed by atoms with Crippen molar-refractivity contribution >= 4 is 11.6 Å². The Bertz CT molecular complexity index is 435. The lowest BCUT2D eigenvalue weighted by molar-refractivity contribution is -0.154. The molecule has 0 aliphatic heterocycles. The first-order valence-electron chi connectivity index (χ1n) is 5.93. The van der Waals surface area contributed by atoms with Gasteiger partial charge in [0.2, 0.25) is 11.8 Å². The predicted molar refractivity (Wildman–Crippen MR) is 67.5 cm³/mol. The van der Waals surface area contributed by atoms with Crippen molar-refractivity contribution in [2.75, 3.05) is 25.5 Å². The van der Waals surface area contributed by atoms with E-state index in [0.717, 1.165) is 0 Å². The Kier molecular flexibility index (Phi) is 5.75. The quantitative estimate of drug-likeness (QED) is 0.839. The minimum atomic E-state index is -4.41. The van der Waals surface area contributed by atoms with Gasteiger partial charge in [-0.3, -0.25) is 4.79 Å². The molecule has 0 radical (unpaired) electrons. The number of hydrogen-bond acceptors (Lipinski definition) is 4. The molecule has 1 amide bonds. The van der Waals surface area contributed by atoms with Crippen molar-refractivity contribution in [1.82, 2.24) is 10.3 Å². The van der Waals surface area contributed by atoms with Crippen LogP contribution in [0.25, 0.3) is 0 Å². The molecule has 20 heavy (non-hydrogen) atoms. The number of aromatic nitrogens is 1. The highest BCUT2D eigenvalue weighted by molar-refractivity contribution is 5.92. The van der Waals surface area contributed by atoms with E-state index in [0.29, 0.717) is 12.2 Å². The molecule has 1 aromatic heterocycles. The maximum absolute atomic E-state index is 11.9. The SMILES string of the molecule is CNCC(C)C(=O)Nc1ccc(OCC(F)(F)F)nc1. The Morgan fingerprint density at radius 2 is 2.15 bits per heavy atom.